The van der Waals surface area contributed by atoms with Crippen molar-refractivity contribution < 1.29 is 22.7 Å². The van der Waals surface area contributed by atoms with Gasteiger partial charge < -0.3 is 9.64 Å². The Hall–Kier alpha value is -1.90. The zero-order valence-corrected chi connectivity index (χ0v) is 17.6. The number of thioether (sulfide) groups is 1. The highest BCUT2D eigenvalue weighted by Crippen LogP contribution is 2.36. The fraction of sp³-hybridized carbons (Fsp3) is 0.600. The molecular weight excluding hydrogens is 403 g/mol. The van der Waals surface area contributed by atoms with Gasteiger partial charge in [-0.1, -0.05) is 31.0 Å². The summed E-state index contributed by atoms with van der Waals surface area (Å²) in [5.41, 5.74) is 0.523. The number of amidine groups is 1. The molecule has 1 heterocycles. The van der Waals surface area contributed by atoms with Crippen molar-refractivity contribution in [2.24, 2.45) is 4.99 Å². The molecule has 2 aliphatic rings. The van der Waals surface area contributed by atoms with E-state index in [2.05, 4.69) is 4.74 Å². The molecule has 1 saturated heterocycles. The average Bonchev–Trinajstić information content (AvgIpc) is 2.90. The van der Waals surface area contributed by atoms with Gasteiger partial charge in [0.1, 0.15) is 11.9 Å². The summed E-state index contributed by atoms with van der Waals surface area (Å²) in [5.74, 6) is -0.496. The summed E-state index contributed by atoms with van der Waals surface area (Å²) in [7, 11) is 1.92. The molecule has 2 fully saturated rings. The molecule has 5 nitrogen and oxygen atoms in total. The minimum Gasteiger partial charge on any atom is -0.406 e. The topological polar surface area (TPSA) is 45.1 Å². The molecule has 3 rings (SSSR count). The lowest BCUT2D eigenvalue weighted by atomic mass is 9.96. The van der Waals surface area contributed by atoms with Gasteiger partial charge in [0.05, 0.1) is 6.04 Å². The highest BCUT2D eigenvalue weighted by Gasteiger charge is 2.40. The molecular formula is C20H26F3N3O2S. The molecule has 1 aliphatic heterocycles. The number of aliphatic imine (C=N–C) groups is 1. The standard InChI is InChI=1S/C20H26F3N3O2S/c1-13-18(25(3)19(29-13)24-15-7-5-4-6-8-15)26(14(2)27)16-9-11-17(12-10-16)28-20(21,22)23/h9-13,15,18H,4-8H2,1-3H3. The first-order valence-corrected chi connectivity index (χ1v) is 10.7. The van der Waals surface area contributed by atoms with Crippen LogP contribution in [-0.4, -0.2) is 46.8 Å². The fourth-order valence-electron chi connectivity index (χ4n) is 3.94. The molecule has 2 unspecified atom stereocenters. The van der Waals surface area contributed by atoms with Gasteiger partial charge in [-0.15, -0.1) is 13.2 Å². The monoisotopic (exact) mass is 429 g/mol. The largest absolute Gasteiger partial charge is 0.573 e. The summed E-state index contributed by atoms with van der Waals surface area (Å²) in [4.78, 5) is 21.0. The molecule has 1 aromatic carbocycles. The summed E-state index contributed by atoms with van der Waals surface area (Å²) >= 11 is 1.64. The number of carbonyl (C=O) groups excluding carboxylic acids is 1. The fourth-order valence-corrected chi connectivity index (χ4v) is 5.18. The number of rotatable bonds is 4. The molecule has 0 bridgehead atoms. The second-order valence-corrected chi connectivity index (χ2v) is 8.83. The van der Waals surface area contributed by atoms with Gasteiger partial charge in [-0.25, -0.2) is 0 Å². The van der Waals surface area contributed by atoms with Crippen LogP contribution in [0.2, 0.25) is 0 Å². The van der Waals surface area contributed by atoms with Gasteiger partial charge >= 0.3 is 6.36 Å². The zero-order chi connectivity index (χ0) is 21.2. The normalized spacial score (nSPS) is 24.8. The Balaban J connectivity index is 1.81. The van der Waals surface area contributed by atoms with E-state index in [1.807, 2.05) is 18.9 Å². The van der Waals surface area contributed by atoms with Gasteiger partial charge in [-0.2, -0.15) is 0 Å². The Morgan fingerprint density at radius 2 is 1.83 bits per heavy atom. The van der Waals surface area contributed by atoms with Crippen LogP contribution in [0, 0.1) is 0 Å². The van der Waals surface area contributed by atoms with Crippen molar-refractivity contribution in [3.8, 4) is 5.75 Å². The van der Waals surface area contributed by atoms with Crippen molar-refractivity contribution in [2.45, 2.75) is 69.8 Å². The Kier molecular flexibility index (Phi) is 6.65. The first-order chi connectivity index (χ1) is 13.7. The summed E-state index contributed by atoms with van der Waals surface area (Å²) < 4.78 is 41.1. The molecule has 160 valence electrons. The molecule has 29 heavy (non-hydrogen) atoms. The highest BCUT2D eigenvalue weighted by molar-refractivity contribution is 8.14. The maximum atomic E-state index is 12.5. The van der Waals surface area contributed by atoms with Crippen molar-refractivity contribution >= 4 is 28.5 Å². The number of anilines is 1. The number of benzene rings is 1. The molecule has 0 aromatic heterocycles. The number of nitrogens with zero attached hydrogens (tertiary/aromatic N) is 3. The van der Waals surface area contributed by atoms with Crippen LogP contribution in [0.4, 0.5) is 18.9 Å². The molecule has 1 aromatic rings. The summed E-state index contributed by atoms with van der Waals surface area (Å²) in [5, 5.41) is 0.981. The van der Waals surface area contributed by atoms with Gasteiger partial charge in [-0.05, 0) is 44.0 Å². The Morgan fingerprint density at radius 1 is 1.21 bits per heavy atom. The molecule has 0 spiro atoms. The minimum absolute atomic E-state index is 0.0670. The van der Waals surface area contributed by atoms with E-state index in [1.165, 1.54) is 50.5 Å². The van der Waals surface area contributed by atoms with Crippen molar-refractivity contribution in [3.05, 3.63) is 24.3 Å². The molecule has 9 heteroatoms. The zero-order valence-electron chi connectivity index (χ0n) is 16.8. The molecule has 2 atom stereocenters. The van der Waals surface area contributed by atoms with Gasteiger partial charge in [0.25, 0.3) is 0 Å². The van der Waals surface area contributed by atoms with E-state index in [1.54, 1.807) is 16.7 Å². The first kappa shape index (κ1) is 21.8. The van der Waals surface area contributed by atoms with E-state index < -0.39 is 6.36 Å². The maximum Gasteiger partial charge on any atom is 0.573 e. The number of carbonyl (C=O) groups is 1. The summed E-state index contributed by atoms with van der Waals surface area (Å²) in [6.07, 6.45) is 0.816. The van der Waals surface area contributed by atoms with Crippen LogP contribution in [0.5, 0.6) is 5.75 Å². The van der Waals surface area contributed by atoms with Crippen molar-refractivity contribution in [1.29, 1.82) is 0 Å². The molecule has 0 radical (unpaired) electrons. The van der Waals surface area contributed by atoms with Crippen LogP contribution >= 0.6 is 11.8 Å². The Labute approximate surface area is 173 Å². The first-order valence-electron chi connectivity index (χ1n) is 9.78. The summed E-state index contributed by atoms with van der Waals surface area (Å²) in [6, 6.07) is 5.73. The van der Waals surface area contributed by atoms with E-state index in [0.717, 1.165) is 18.0 Å². The van der Waals surface area contributed by atoms with Crippen LogP contribution < -0.4 is 9.64 Å². The minimum atomic E-state index is -4.75. The number of hydrogen-bond acceptors (Lipinski definition) is 4. The second kappa shape index (κ2) is 8.85. The van der Waals surface area contributed by atoms with E-state index >= 15 is 0 Å². The van der Waals surface area contributed by atoms with Crippen molar-refractivity contribution in [3.63, 3.8) is 0 Å². The lowest BCUT2D eigenvalue weighted by Gasteiger charge is -2.35. The lowest BCUT2D eigenvalue weighted by molar-refractivity contribution is -0.274. The van der Waals surface area contributed by atoms with Crippen LogP contribution in [0.25, 0.3) is 0 Å². The van der Waals surface area contributed by atoms with Crippen LogP contribution in [0.3, 0.4) is 0 Å². The maximum absolute atomic E-state index is 12.5. The Morgan fingerprint density at radius 3 is 2.38 bits per heavy atom. The second-order valence-electron chi connectivity index (χ2n) is 7.48. The van der Waals surface area contributed by atoms with Crippen LogP contribution in [-0.2, 0) is 4.79 Å². The van der Waals surface area contributed by atoms with Gasteiger partial charge in [0.15, 0.2) is 5.17 Å². The third-order valence-corrected chi connectivity index (χ3v) is 6.45. The predicted molar refractivity (Wildman–Crippen MR) is 109 cm³/mol. The molecule has 1 saturated carbocycles. The third-order valence-electron chi connectivity index (χ3n) is 5.23. The summed E-state index contributed by atoms with van der Waals surface area (Å²) in [6.45, 7) is 3.49. The van der Waals surface area contributed by atoms with E-state index in [0.29, 0.717) is 11.7 Å². The van der Waals surface area contributed by atoms with Crippen molar-refractivity contribution in [1.82, 2.24) is 4.90 Å². The Bertz CT molecular complexity index is 748. The third kappa shape index (κ3) is 5.38. The van der Waals surface area contributed by atoms with Gasteiger partial charge in [0, 0.05) is 24.9 Å². The van der Waals surface area contributed by atoms with E-state index in [-0.39, 0.29) is 23.1 Å². The molecule has 1 amide bonds. The number of ether oxygens (including phenoxy) is 1. The smallest absolute Gasteiger partial charge is 0.406 e. The number of amides is 1. The predicted octanol–water partition coefficient (Wildman–Crippen LogP) is 5.02. The van der Waals surface area contributed by atoms with Gasteiger partial charge in [0.2, 0.25) is 5.91 Å². The van der Waals surface area contributed by atoms with Crippen LogP contribution in [0.1, 0.15) is 46.0 Å². The quantitative estimate of drug-likeness (QED) is 0.674. The van der Waals surface area contributed by atoms with Gasteiger partial charge in [-0.3, -0.25) is 14.7 Å². The van der Waals surface area contributed by atoms with Crippen LogP contribution in [0.15, 0.2) is 29.3 Å². The van der Waals surface area contributed by atoms with E-state index in [9.17, 15) is 18.0 Å². The SMILES string of the molecule is CC(=O)N(c1ccc(OC(F)(F)F)cc1)C1C(C)SC(=NC2CCCCC2)N1C. The average molecular weight is 430 g/mol. The number of alkyl halides is 3. The van der Waals surface area contributed by atoms with Crippen molar-refractivity contribution in [2.75, 3.05) is 11.9 Å². The number of halogens is 3. The van der Waals surface area contributed by atoms with E-state index in [4.69, 9.17) is 4.99 Å². The highest BCUT2D eigenvalue weighted by atomic mass is 32.2. The molecule has 0 N–H and O–H groups in total. The lowest BCUT2D eigenvalue weighted by Crippen LogP contribution is -2.50. The molecule has 1 aliphatic carbocycles. The number of hydrogen-bond donors (Lipinski definition) is 0.